The third-order valence-corrected chi connectivity index (χ3v) is 6.57. The van der Waals surface area contributed by atoms with Crippen molar-refractivity contribution in [3.05, 3.63) is 0 Å². The minimum atomic E-state index is -5.69. The Morgan fingerprint density at radius 3 is 1.17 bits per heavy atom. The number of rotatable bonds is 1. The van der Waals surface area contributed by atoms with Gasteiger partial charge in [-0.1, -0.05) is 25.7 Å². The van der Waals surface area contributed by atoms with E-state index in [0.717, 1.165) is 12.8 Å². The molecule has 0 aliphatic heterocycles. The highest BCUT2D eigenvalue weighted by atomic mass is 19.4. The second kappa shape index (κ2) is 5.53. The highest BCUT2D eigenvalue weighted by Crippen LogP contribution is 2.64. The molecule has 4 unspecified atom stereocenters. The van der Waals surface area contributed by atoms with Gasteiger partial charge in [0.25, 0.3) is 5.60 Å². The second-order valence-electron chi connectivity index (χ2n) is 7.51. The molecular weight excluding hydrogens is 322 g/mol. The number of hydrogen-bond donors (Lipinski definition) is 1. The van der Waals surface area contributed by atoms with Crippen LogP contribution in [0.3, 0.4) is 0 Å². The maximum atomic E-state index is 13.4. The molecule has 3 fully saturated rings. The fraction of sp³-hybridized carbons (Fsp3) is 1.00. The number of aliphatic hydroxyl groups is 1. The zero-order valence-electron chi connectivity index (χ0n) is 12.8. The van der Waals surface area contributed by atoms with E-state index < -0.39 is 35.7 Å². The molecule has 0 aromatic carbocycles. The van der Waals surface area contributed by atoms with Gasteiger partial charge >= 0.3 is 12.4 Å². The van der Waals surface area contributed by atoms with Crippen molar-refractivity contribution in [3.8, 4) is 0 Å². The molecule has 1 N–H and O–H groups in total. The third-order valence-electron chi connectivity index (χ3n) is 6.57. The molecule has 7 heteroatoms. The monoisotopic (exact) mass is 344 g/mol. The average molecular weight is 344 g/mol. The normalized spacial score (nSPS) is 39.0. The summed E-state index contributed by atoms with van der Waals surface area (Å²) in [5.41, 5.74) is -4.57. The summed E-state index contributed by atoms with van der Waals surface area (Å²) in [5.74, 6) is -3.24. The van der Waals surface area contributed by atoms with E-state index in [0.29, 0.717) is 38.5 Å². The van der Waals surface area contributed by atoms with Crippen molar-refractivity contribution < 1.29 is 31.4 Å². The Hall–Kier alpha value is -0.460. The lowest BCUT2D eigenvalue weighted by atomic mass is 9.68. The lowest BCUT2D eigenvalue weighted by Gasteiger charge is -2.44. The van der Waals surface area contributed by atoms with Crippen molar-refractivity contribution in [1.82, 2.24) is 0 Å². The first-order valence-electron chi connectivity index (χ1n) is 8.45. The van der Waals surface area contributed by atoms with Gasteiger partial charge in [-0.2, -0.15) is 26.3 Å². The van der Waals surface area contributed by atoms with Gasteiger partial charge in [0.05, 0.1) is 0 Å². The zero-order chi connectivity index (χ0) is 17.0. The van der Waals surface area contributed by atoms with E-state index >= 15 is 0 Å². The van der Waals surface area contributed by atoms with Gasteiger partial charge in [0, 0.05) is 5.92 Å². The number of fused-ring (bicyclic) bond motifs is 3. The van der Waals surface area contributed by atoms with Crippen molar-refractivity contribution in [2.75, 3.05) is 0 Å². The van der Waals surface area contributed by atoms with Crippen molar-refractivity contribution in [2.45, 2.75) is 69.3 Å². The molecule has 4 atom stereocenters. The van der Waals surface area contributed by atoms with Gasteiger partial charge in [0.1, 0.15) is 0 Å². The lowest BCUT2D eigenvalue weighted by Crippen LogP contribution is -2.64. The van der Waals surface area contributed by atoms with Gasteiger partial charge in [0.2, 0.25) is 0 Å². The predicted octanol–water partition coefficient (Wildman–Crippen LogP) is 5.08. The van der Waals surface area contributed by atoms with Gasteiger partial charge in [-0.05, 0) is 49.4 Å². The van der Waals surface area contributed by atoms with Crippen LogP contribution in [-0.4, -0.2) is 23.1 Å². The Morgan fingerprint density at radius 1 is 0.565 bits per heavy atom. The van der Waals surface area contributed by atoms with Gasteiger partial charge in [-0.25, -0.2) is 0 Å². The van der Waals surface area contributed by atoms with E-state index in [1.165, 1.54) is 0 Å². The van der Waals surface area contributed by atoms with Crippen LogP contribution in [-0.2, 0) is 0 Å². The summed E-state index contributed by atoms with van der Waals surface area (Å²) >= 11 is 0. The van der Waals surface area contributed by atoms with E-state index in [-0.39, 0.29) is 11.8 Å². The molecule has 0 saturated heterocycles. The molecular formula is C16H22F6O. The van der Waals surface area contributed by atoms with Crippen LogP contribution in [0.2, 0.25) is 0 Å². The van der Waals surface area contributed by atoms with Crippen LogP contribution in [0.15, 0.2) is 0 Å². The van der Waals surface area contributed by atoms with Crippen LogP contribution in [0.4, 0.5) is 26.3 Å². The molecule has 3 saturated carbocycles. The lowest BCUT2D eigenvalue weighted by molar-refractivity contribution is -0.392. The Bertz CT molecular complexity index is 407. The molecule has 1 nitrogen and oxygen atoms in total. The quantitative estimate of drug-likeness (QED) is 0.657. The maximum absolute atomic E-state index is 13.4. The molecule has 134 valence electrons. The Morgan fingerprint density at radius 2 is 0.870 bits per heavy atom. The van der Waals surface area contributed by atoms with Crippen LogP contribution in [0, 0.1) is 29.6 Å². The van der Waals surface area contributed by atoms with Crippen molar-refractivity contribution in [1.29, 1.82) is 0 Å². The van der Waals surface area contributed by atoms with E-state index in [2.05, 4.69) is 0 Å². The number of hydrogen-bond acceptors (Lipinski definition) is 1. The van der Waals surface area contributed by atoms with E-state index in [4.69, 9.17) is 0 Å². The summed E-state index contributed by atoms with van der Waals surface area (Å²) in [5, 5.41) is 10.0. The first kappa shape index (κ1) is 17.4. The van der Waals surface area contributed by atoms with Crippen LogP contribution in [0.25, 0.3) is 0 Å². The van der Waals surface area contributed by atoms with E-state index in [9.17, 15) is 31.4 Å². The topological polar surface area (TPSA) is 20.2 Å². The van der Waals surface area contributed by atoms with Gasteiger partial charge in [-0.3, -0.25) is 0 Å². The molecule has 0 spiro atoms. The first-order chi connectivity index (χ1) is 10.6. The fourth-order valence-electron chi connectivity index (χ4n) is 5.81. The molecule has 3 rings (SSSR count). The standard InChI is InChI=1S/C16H22F6O/c17-15(18,19)14(23,16(20,21)22)13-11-7-3-1-5-9(11)10-6-2-4-8-12(10)13/h9-13,23H,1-8H2. The van der Waals surface area contributed by atoms with Crippen LogP contribution < -0.4 is 0 Å². The molecule has 3 aliphatic carbocycles. The minimum Gasteiger partial charge on any atom is -0.373 e. The molecule has 0 radical (unpaired) electrons. The smallest absolute Gasteiger partial charge is 0.373 e. The highest BCUT2D eigenvalue weighted by molar-refractivity contribution is 5.11. The van der Waals surface area contributed by atoms with Gasteiger partial charge in [0.15, 0.2) is 0 Å². The molecule has 23 heavy (non-hydrogen) atoms. The molecule has 3 aliphatic rings. The number of halogens is 6. The van der Waals surface area contributed by atoms with E-state index in [1.807, 2.05) is 0 Å². The maximum Gasteiger partial charge on any atom is 0.426 e. The Labute approximate surface area is 131 Å². The van der Waals surface area contributed by atoms with Crippen LogP contribution in [0.5, 0.6) is 0 Å². The SMILES string of the molecule is OC(C1C2CCCCC2C2CCCCC21)(C(F)(F)F)C(F)(F)F. The summed E-state index contributed by atoms with van der Waals surface area (Å²) in [6, 6.07) is 0. The first-order valence-corrected chi connectivity index (χ1v) is 8.45. The minimum absolute atomic E-state index is 0.0877. The number of alkyl halides is 6. The van der Waals surface area contributed by atoms with Gasteiger partial charge in [-0.15, -0.1) is 0 Å². The van der Waals surface area contributed by atoms with Crippen LogP contribution in [0.1, 0.15) is 51.4 Å². The second-order valence-corrected chi connectivity index (χ2v) is 7.51. The van der Waals surface area contributed by atoms with E-state index in [1.54, 1.807) is 0 Å². The largest absolute Gasteiger partial charge is 0.426 e. The molecule has 0 aromatic heterocycles. The average Bonchev–Trinajstić information content (AvgIpc) is 2.79. The van der Waals surface area contributed by atoms with Crippen molar-refractivity contribution in [3.63, 3.8) is 0 Å². The predicted molar refractivity (Wildman–Crippen MR) is 71.4 cm³/mol. The summed E-state index contributed by atoms with van der Waals surface area (Å²) in [7, 11) is 0. The zero-order valence-corrected chi connectivity index (χ0v) is 12.8. The summed E-state index contributed by atoms with van der Waals surface area (Å²) in [6.07, 6.45) is -6.18. The fourth-order valence-corrected chi connectivity index (χ4v) is 5.81. The molecule has 0 bridgehead atoms. The summed E-state index contributed by atoms with van der Waals surface area (Å²) in [6.45, 7) is 0. The van der Waals surface area contributed by atoms with Crippen molar-refractivity contribution >= 4 is 0 Å². The van der Waals surface area contributed by atoms with Gasteiger partial charge < -0.3 is 5.11 Å². The summed E-state index contributed by atoms with van der Waals surface area (Å²) < 4.78 is 80.4. The highest BCUT2D eigenvalue weighted by Gasteiger charge is 2.77. The third kappa shape index (κ3) is 2.48. The molecule has 0 heterocycles. The van der Waals surface area contributed by atoms with Crippen LogP contribution >= 0.6 is 0 Å². The Balaban J connectivity index is 2.07. The Kier molecular flexibility index (Phi) is 4.17. The molecule has 0 aromatic rings. The van der Waals surface area contributed by atoms with Crippen molar-refractivity contribution in [2.24, 2.45) is 29.6 Å². The molecule has 0 amide bonds. The summed E-state index contributed by atoms with van der Waals surface area (Å²) in [4.78, 5) is 0.